The quantitative estimate of drug-likeness (QED) is 0.745. The number of phenols is 1. The van der Waals surface area contributed by atoms with E-state index in [4.69, 9.17) is 5.11 Å². The number of halogens is 1. The third-order valence-corrected chi connectivity index (χ3v) is 2.82. The first kappa shape index (κ1) is 9.96. The molecule has 0 aliphatic heterocycles. The summed E-state index contributed by atoms with van der Waals surface area (Å²) in [5.41, 5.74) is -1.52. The van der Waals surface area contributed by atoms with Gasteiger partial charge in [-0.25, -0.2) is 9.18 Å². The van der Waals surface area contributed by atoms with Crippen molar-refractivity contribution in [3.63, 3.8) is 0 Å². The molecule has 1 atom stereocenters. The van der Waals surface area contributed by atoms with E-state index < -0.39 is 11.6 Å². The van der Waals surface area contributed by atoms with Gasteiger partial charge in [0.05, 0.1) is 0 Å². The molecule has 80 valence electrons. The molecule has 1 aromatic carbocycles. The van der Waals surface area contributed by atoms with Gasteiger partial charge in [-0.1, -0.05) is 6.07 Å². The second kappa shape index (κ2) is 3.22. The van der Waals surface area contributed by atoms with E-state index in [-0.39, 0.29) is 17.7 Å². The summed E-state index contributed by atoms with van der Waals surface area (Å²) in [6, 6.07) is 4.12. The van der Waals surface area contributed by atoms with Gasteiger partial charge >= 0.3 is 5.97 Å². The van der Waals surface area contributed by atoms with Crippen LogP contribution in [-0.4, -0.2) is 16.2 Å². The van der Waals surface area contributed by atoms with Crippen LogP contribution in [0, 0.1) is 0 Å². The Hall–Kier alpha value is -1.58. The van der Waals surface area contributed by atoms with Crippen LogP contribution in [0.2, 0.25) is 0 Å². The molecule has 0 heterocycles. The van der Waals surface area contributed by atoms with Crippen LogP contribution in [0.3, 0.4) is 0 Å². The minimum absolute atomic E-state index is 0.000108. The van der Waals surface area contributed by atoms with E-state index in [2.05, 4.69) is 0 Å². The molecular formula is C11H11FO3. The first-order valence-electron chi connectivity index (χ1n) is 4.79. The normalized spacial score (nSPS) is 24.6. The molecule has 0 spiro atoms. The maximum Gasteiger partial charge on any atom is 0.346 e. The Labute approximate surface area is 86.2 Å². The zero-order valence-electron chi connectivity index (χ0n) is 8.03. The van der Waals surface area contributed by atoms with Crippen molar-refractivity contribution in [1.82, 2.24) is 0 Å². The summed E-state index contributed by atoms with van der Waals surface area (Å²) in [5, 5.41) is 18.1. The van der Waals surface area contributed by atoms with Crippen LogP contribution in [0.5, 0.6) is 5.75 Å². The van der Waals surface area contributed by atoms with E-state index in [9.17, 15) is 14.3 Å². The van der Waals surface area contributed by atoms with E-state index in [0.29, 0.717) is 18.4 Å². The molecule has 1 unspecified atom stereocenters. The zero-order chi connectivity index (χ0) is 11.1. The van der Waals surface area contributed by atoms with E-state index in [1.54, 1.807) is 0 Å². The number of aromatic hydroxyl groups is 1. The smallest absolute Gasteiger partial charge is 0.346 e. The number of benzene rings is 1. The summed E-state index contributed by atoms with van der Waals surface area (Å²) in [7, 11) is 0. The Balaban J connectivity index is 2.56. The van der Waals surface area contributed by atoms with Gasteiger partial charge in [0.25, 0.3) is 0 Å². The fraction of sp³-hybridized carbons (Fsp3) is 0.364. The topological polar surface area (TPSA) is 57.5 Å². The Kier molecular flexibility index (Phi) is 2.14. The van der Waals surface area contributed by atoms with Crippen molar-refractivity contribution in [3.8, 4) is 5.75 Å². The Morgan fingerprint density at radius 1 is 1.47 bits per heavy atom. The highest BCUT2D eigenvalue weighted by Crippen LogP contribution is 2.40. The van der Waals surface area contributed by atoms with Gasteiger partial charge in [-0.3, -0.25) is 0 Å². The highest BCUT2D eigenvalue weighted by Gasteiger charge is 2.44. The maximum atomic E-state index is 14.1. The van der Waals surface area contributed by atoms with Crippen molar-refractivity contribution in [2.45, 2.75) is 24.9 Å². The molecular weight excluding hydrogens is 199 g/mol. The summed E-state index contributed by atoms with van der Waals surface area (Å²) >= 11 is 0. The minimum atomic E-state index is -2.29. The third kappa shape index (κ3) is 1.46. The number of carbonyl (C=O) groups is 1. The van der Waals surface area contributed by atoms with Gasteiger partial charge in [0.2, 0.25) is 5.67 Å². The third-order valence-electron chi connectivity index (χ3n) is 2.82. The highest BCUT2D eigenvalue weighted by atomic mass is 19.1. The van der Waals surface area contributed by atoms with Gasteiger partial charge < -0.3 is 10.2 Å². The number of aryl methyl sites for hydroxylation is 1. The first-order chi connectivity index (χ1) is 7.04. The number of fused-ring (bicyclic) bond motifs is 1. The molecule has 0 radical (unpaired) electrons. The molecule has 0 aromatic heterocycles. The van der Waals surface area contributed by atoms with Crippen molar-refractivity contribution < 1.29 is 19.4 Å². The largest absolute Gasteiger partial charge is 0.508 e. The SMILES string of the molecule is O=C(O)C1(F)CCCc2cc(O)ccc21. The van der Waals surface area contributed by atoms with Gasteiger partial charge in [-0.2, -0.15) is 0 Å². The number of phenolic OH excluding ortho intramolecular Hbond substituents is 1. The van der Waals surface area contributed by atoms with E-state index in [0.717, 1.165) is 0 Å². The van der Waals surface area contributed by atoms with Crippen LogP contribution in [0.1, 0.15) is 24.0 Å². The van der Waals surface area contributed by atoms with Crippen LogP contribution >= 0.6 is 0 Å². The standard InChI is InChI=1S/C11H11FO3/c12-11(10(14)15)5-1-2-7-6-8(13)3-4-9(7)11/h3-4,6,13H,1-2,5H2,(H,14,15). The van der Waals surface area contributed by atoms with Gasteiger partial charge in [0.15, 0.2) is 0 Å². The molecule has 0 amide bonds. The lowest BCUT2D eigenvalue weighted by molar-refractivity contribution is -0.152. The molecule has 2 rings (SSSR count). The molecule has 0 bridgehead atoms. The molecule has 15 heavy (non-hydrogen) atoms. The first-order valence-corrected chi connectivity index (χ1v) is 4.79. The van der Waals surface area contributed by atoms with Crippen molar-refractivity contribution in [2.24, 2.45) is 0 Å². The van der Waals surface area contributed by atoms with Crippen LogP contribution < -0.4 is 0 Å². The molecule has 4 heteroatoms. The molecule has 1 aliphatic rings. The molecule has 2 N–H and O–H groups in total. The summed E-state index contributed by atoms with van der Waals surface area (Å²) in [6.45, 7) is 0. The van der Waals surface area contributed by atoms with Gasteiger partial charge in [0, 0.05) is 5.56 Å². The van der Waals surface area contributed by atoms with Crippen LogP contribution in [0.25, 0.3) is 0 Å². The number of carboxylic acid groups (broad SMARTS) is 1. The Morgan fingerprint density at radius 2 is 2.20 bits per heavy atom. The molecule has 0 fully saturated rings. The lowest BCUT2D eigenvalue weighted by Crippen LogP contribution is -2.34. The number of carboxylic acids is 1. The average Bonchev–Trinajstić information content (AvgIpc) is 2.17. The second-order valence-corrected chi connectivity index (χ2v) is 3.80. The molecule has 0 saturated carbocycles. The average molecular weight is 210 g/mol. The van der Waals surface area contributed by atoms with Crippen molar-refractivity contribution in [3.05, 3.63) is 29.3 Å². The molecule has 1 aromatic rings. The molecule has 1 aliphatic carbocycles. The predicted molar refractivity (Wildman–Crippen MR) is 51.5 cm³/mol. The summed E-state index contributed by atoms with van der Waals surface area (Å²) < 4.78 is 14.1. The second-order valence-electron chi connectivity index (χ2n) is 3.80. The number of aliphatic carboxylic acids is 1. The summed E-state index contributed by atoms with van der Waals surface area (Å²) in [5.74, 6) is -1.41. The van der Waals surface area contributed by atoms with Gasteiger partial charge in [0.1, 0.15) is 5.75 Å². The summed E-state index contributed by atoms with van der Waals surface area (Å²) in [4.78, 5) is 10.9. The monoisotopic (exact) mass is 210 g/mol. The van der Waals surface area contributed by atoms with Crippen molar-refractivity contribution in [2.75, 3.05) is 0 Å². The molecule has 3 nitrogen and oxygen atoms in total. The van der Waals surface area contributed by atoms with E-state index in [1.165, 1.54) is 18.2 Å². The number of hydrogen-bond acceptors (Lipinski definition) is 2. The number of rotatable bonds is 1. The predicted octanol–water partition coefficient (Wildman–Crippen LogP) is 1.98. The summed E-state index contributed by atoms with van der Waals surface area (Å²) in [6.07, 6.45) is 1.10. The zero-order valence-corrected chi connectivity index (χ0v) is 8.03. The fourth-order valence-electron chi connectivity index (χ4n) is 2.05. The minimum Gasteiger partial charge on any atom is -0.508 e. The Bertz CT molecular complexity index is 416. The van der Waals surface area contributed by atoms with Crippen LogP contribution in [0.4, 0.5) is 4.39 Å². The van der Waals surface area contributed by atoms with Crippen LogP contribution in [0.15, 0.2) is 18.2 Å². The maximum absolute atomic E-state index is 14.1. The number of alkyl halides is 1. The fourth-order valence-corrected chi connectivity index (χ4v) is 2.05. The van der Waals surface area contributed by atoms with Crippen molar-refractivity contribution in [1.29, 1.82) is 0 Å². The van der Waals surface area contributed by atoms with Gasteiger partial charge in [-0.15, -0.1) is 0 Å². The molecule has 0 saturated heterocycles. The van der Waals surface area contributed by atoms with Crippen molar-refractivity contribution >= 4 is 5.97 Å². The van der Waals surface area contributed by atoms with E-state index >= 15 is 0 Å². The Morgan fingerprint density at radius 3 is 2.87 bits per heavy atom. The van der Waals surface area contributed by atoms with Crippen LogP contribution in [-0.2, 0) is 16.9 Å². The lowest BCUT2D eigenvalue weighted by Gasteiger charge is -2.28. The van der Waals surface area contributed by atoms with E-state index in [1.807, 2.05) is 0 Å². The number of hydrogen-bond donors (Lipinski definition) is 2. The lowest BCUT2D eigenvalue weighted by atomic mass is 9.80. The van der Waals surface area contributed by atoms with Gasteiger partial charge in [-0.05, 0) is 37.0 Å². The highest BCUT2D eigenvalue weighted by molar-refractivity contribution is 5.80.